The molecule has 1 aliphatic carbocycles. The number of carboxylic acids is 1. The molecule has 5 rings (SSSR count). The highest BCUT2D eigenvalue weighted by molar-refractivity contribution is 5.92. The van der Waals surface area contributed by atoms with Crippen molar-refractivity contribution >= 4 is 23.0 Å². The lowest BCUT2D eigenvalue weighted by Gasteiger charge is -2.32. The fraction of sp³-hybridized carbons (Fsp3) is 0.333. The number of aryl methyl sites for hydroxylation is 1. The van der Waals surface area contributed by atoms with Crippen LogP contribution in [0.5, 0.6) is 0 Å². The minimum absolute atomic E-state index is 0.0466. The van der Waals surface area contributed by atoms with Crippen molar-refractivity contribution in [3.05, 3.63) is 71.0 Å². The van der Waals surface area contributed by atoms with Gasteiger partial charge in [-0.3, -0.25) is 0 Å². The number of imidazole rings is 1. The minimum Gasteiger partial charge on any atom is -0.475 e. The first-order valence-corrected chi connectivity index (χ1v) is 12.1. The summed E-state index contributed by atoms with van der Waals surface area (Å²) in [4.78, 5) is 25.0. The maximum atomic E-state index is 13.1. The molecule has 0 aliphatic heterocycles. The second-order valence-electron chi connectivity index (χ2n) is 9.58. The summed E-state index contributed by atoms with van der Waals surface area (Å²) in [5, 5.41) is 13.0. The van der Waals surface area contributed by atoms with Gasteiger partial charge < -0.3 is 15.0 Å². The first-order chi connectivity index (χ1) is 17.6. The van der Waals surface area contributed by atoms with Gasteiger partial charge in [-0.15, -0.1) is 0 Å². The van der Waals surface area contributed by atoms with Gasteiger partial charge in [-0.25, -0.2) is 19.7 Å². The molecular formula is C27H26F3N5O2. The lowest BCUT2D eigenvalue weighted by molar-refractivity contribution is -0.137. The Morgan fingerprint density at radius 1 is 1.14 bits per heavy atom. The predicted molar refractivity (Wildman–Crippen MR) is 133 cm³/mol. The van der Waals surface area contributed by atoms with E-state index in [2.05, 4.69) is 15.3 Å². The number of aromatic carboxylic acids is 1. The van der Waals surface area contributed by atoms with Crippen molar-refractivity contribution in [2.45, 2.75) is 51.9 Å². The number of fused-ring (bicyclic) bond motifs is 1. The van der Waals surface area contributed by atoms with Crippen LogP contribution in [0.25, 0.3) is 22.6 Å². The fourth-order valence-electron chi connectivity index (χ4n) is 4.65. The van der Waals surface area contributed by atoms with Crippen molar-refractivity contribution in [2.24, 2.45) is 5.92 Å². The van der Waals surface area contributed by atoms with Gasteiger partial charge in [0.2, 0.25) is 5.82 Å². The molecule has 1 atom stereocenters. The smallest absolute Gasteiger partial charge is 0.416 e. The second kappa shape index (κ2) is 9.49. The van der Waals surface area contributed by atoms with Crippen molar-refractivity contribution < 1.29 is 23.1 Å². The summed E-state index contributed by atoms with van der Waals surface area (Å²) in [5.74, 6) is -0.322. The van der Waals surface area contributed by atoms with Crippen molar-refractivity contribution in [1.82, 2.24) is 19.5 Å². The quantitative estimate of drug-likeness (QED) is 0.310. The number of rotatable bonds is 7. The van der Waals surface area contributed by atoms with Gasteiger partial charge in [0.05, 0.1) is 5.56 Å². The number of alkyl halides is 3. The van der Waals surface area contributed by atoms with Gasteiger partial charge in [0.1, 0.15) is 11.3 Å². The van der Waals surface area contributed by atoms with Crippen LogP contribution in [0.2, 0.25) is 0 Å². The number of carbonyl (C=O) groups is 1. The van der Waals surface area contributed by atoms with Gasteiger partial charge >= 0.3 is 12.1 Å². The average molecular weight is 510 g/mol. The SMILES string of the molecule is Cc1cccc(-c2nc3nc(C(=O)O)nc(N[C@H](C)C4CCC4)c3n2Cc2ccc(C(F)(F)F)cc2)c1. The first kappa shape index (κ1) is 24.7. The van der Waals surface area contributed by atoms with Gasteiger partial charge in [-0.1, -0.05) is 42.3 Å². The molecule has 7 nitrogen and oxygen atoms in total. The Hall–Kier alpha value is -3.95. The molecule has 37 heavy (non-hydrogen) atoms. The summed E-state index contributed by atoms with van der Waals surface area (Å²) in [6.07, 6.45) is -1.12. The molecule has 2 aromatic heterocycles. The molecular weight excluding hydrogens is 483 g/mol. The maximum Gasteiger partial charge on any atom is 0.416 e. The van der Waals surface area contributed by atoms with Crippen LogP contribution in [0.4, 0.5) is 19.0 Å². The molecule has 2 heterocycles. The fourth-order valence-corrected chi connectivity index (χ4v) is 4.65. The Kier molecular flexibility index (Phi) is 6.35. The molecule has 0 radical (unpaired) electrons. The Morgan fingerprint density at radius 2 is 1.86 bits per heavy atom. The molecule has 1 saturated carbocycles. The molecule has 10 heteroatoms. The van der Waals surface area contributed by atoms with Gasteiger partial charge in [-0.2, -0.15) is 13.2 Å². The molecule has 4 aromatic rings. The van der Waals surface area contributed by atoms with Crippen LogP contribution in [0.3, 0.4) is 0 Å². The zero-order valence-electron chi connectivity index (χ0n) is 20.4. The first-order valence-electron chi connectivity index (χ1n) is 12.1. The number of nitrogens with zero attached hydrogens (tertiary/aromatic N) is 4. The van der Waals surface area contributed by atoms with Crippen LogP contribution in [-0.4, -0.2) is 36.6 Å². The third kappa shape index (κ3) is 5.00. The highest BCUT2D eigenvalue weighted by Crippen LogP contribution is 2.34. The molecule has 192 valence electrons. The predicted octanol–water partition coefficient (Wildman–Crippen LogP) is 6.17. The van der Waals surface area contributed by atoms with Crippen LogP contribution < -0.4 is 5.32 Å². The zero-order chi connectivity index (χ0) is 26.3. The molecule has 0 saturated heterocycles. The molecule has 0 spiro atoms. The van der Waals surface area contributed by atoms with Crippen LogP contribution in [0.1, 0.15) is 53.5 Å². The largest absolute Gasteiger partial charge is 0.475 e. The highest BCUT2D eigenvalue weighted by Gasteiger charge is 2.30. The number of anilines is 1. The molecule has 1 aliphatic rings. The van der Waals surface area contributed by atoms with E-state index in [-0.39, 0.29) is 24.1 Å². The van der Waals surface area contributed by atoms with Gasteiger partial charge in [0.25, 0.3) is 0 Å². The van der Waals surface area contributed by atoms with E-state index in [0.29, 0.717) is 28.6 Å². The number of hydrogen-bond donors (Lipinski definition) is 2. The molecule has 0 bridgehead atoms. The molecule has 2 N–H and O–H groups in total. The van der Waals surface area contributed by atoms with E-state index >= 15 is 0 Å². The topological polar surface area (TPSA) is 92.9 Å². The Bertz CT molecular complexity index is 1460. The summed E-state index contributed by atoms with van der Waals surface area (Å²) in [6.45, 7) is 4.18. The summed E-state index contributed by atoms with van der Waals surface area (Å²) < 4.78 is 41.2. The number of hydrogen-bond acceptors (Lipinski definition) is 5. The van der Waals surface area contributed by atoms with E-state index in [9.17, 15) is 23.1 Å². The number of nitrogens with one attached hydrogen (secondary N) is 1. The van der Waals surface area contributed by atoms with Crippen molar-refractivity contribution in [2.75, 3.05) is 5.32 Å². The molecule has 1 fully saturated rings. The highest BCUT2D eigenvalue weighted by atomic mass is 19.4. The lowest BCUT2D eigenvalue weighted by atomic mass is 9.80. The maximum absolute atomic E-state index is 13.1. The van der Waals surface area contributed by atoms with Gasteiger partial charge in [-0.05, 0) is 56.4 Å². The lowest BCUT2D eigenvalue weighted by Crippen LogP contribution is -2.31. The summed E-state index contributed by atoms with van der Waals surface area (Å²) >= 11 is 0. The minimum atomic E-state index is -4.43. The number of carboxylic acid groups (broad SMARTS) is 1. The van der Waals surface area contributed by atoms with Crippen molar-refractivity contribution in [3.63, 3.8) is 0 Å². The average Bonchev–Trinajstić information content (AvgIpc) is 3.16. The van der Waals surface area contributed by atoms with E-state index in [1.165, 1.54) is 12.1 Å². The second-order valence-corrected chi connectivity index (χ2v) is 9.58. The van der Waals surface area contributed by atoms with Gasteiger partial charge in [0, 0.05) is 18.2 Å². The van der Waals surface area contributed by atoms with Crippen LogP contribution in [-0.2, 0) is 12.7 Å². The van der Waals surface area contributed by atoms with Crippen molar-refractivity contribution in [1.29, 1.82) is 0 Å². The molecule has 2 aromatic carbocycles. The molecule has 0 unspecified atom stereocenters. The van der Waals surface area contributed by atoms with E-state index in [1.807, 2.05) is 42.7 Å². The number of aromatic nitrogens is 4. The molecule has 0 amide bonds. The Balaban J connectivity index is 1.68. The number of halogens is 3. The normalized spacial score (nSPS) is 14.9. The van der Waals surface area contributed by atoms with E-state index in [1.54, 1.807) is 0 Å². The Morgan fingerprint density at radius 3 is 2.46 bits per heavy atom. The third-order valence-corrected chi connectivity index (χ3v) is 6.91. The van der Waals surface area contributed by atoms with Gasteiger partial charge in [0.15, 0.2) is 11.5 Å². The Labute approximate surface area is 211 Å². The van der Waals surface area contributed by atoms with Crippen LogP contribution >= 0.6 is 0 Å². The monoisotopic (exact) mass is 509 g/mol. The van der Waals surface area contributed by atoms with Crippen LogP contribution in [0, 0.1) is 12.8 Å². The summed E-state index contributed by atoms with van der Waals surface area (Å²) in [7, 11) is 0. The van der Waals surface area contributed by atoms with Crippen LogP contribution in [0.15, 0.2) is 48.5 Å². The van der Waals surface area contributed by atoms with Crippen molar-refractivity contribution in [3.8, 4) is 11.4 Å². The summed E-state index contributed by atoms with van der Waals surface area (Å²) in [5.41, 5.74) is 2.39. The third-order valence-electron chi connectivity index (χ3n) is 6.91. The van der Waals surface area contributed by atoms with E-state index < -0.39 is 17.7 Å². The van der Waals surface area contributed by atoms with E-state index in [0.717, 1.165) is 42.5 Å². The number of benzene rings is 2. The zero-order valence-corrected chi connectivity index (χ0v) is 20.4. The van der Waals surface area contributed by atoms with E-state index in [4.69, 9.17) is 4.98 Å². The summed E-state index contributed by atoms with van der Waals surface area (Å²) in [6, 6.07) is 12.7. The standard InChI is InChI=1S/C27H26F3N5O2/c1-15-5-3-8-19(13-15)25-34-23-21(35(25)14-17-9-11-20(12-10-17)27(28,29)30)22(32-24(33-23)26(36)37)31-16(2)18-6-4-7-18/h3,5,8-13,16,18H,4,6-7,14H2,1-2H3,(H,36,37)(H,31,32,33)/t16-/m1/s1.